The lowest BCUT2D eigenvalue weighted by atomic mass is 10.0. The van der Waals surface area contributed by atoms with Gasteiger partial charge < -0.3 is 5.11 Å². The summed E-state index contributed by atoms with van der Waals surface area (Å²) >= 11 is 0. The van der Waals surface area contributed by atoms with Crippen LogP contribution in [0, 0.1) is 12.3 Å². The van der Waals surface area contributed by atoms with Crippen molar-refractivity contribution >= 4 is 5.78 Å². The molecule has 0 aromatic heterocycles. The molecule has 0 aromatic rings. The second kappa shape index (κ2) is 1.85. The van der Waals surface area contributed by atoms with Crippen molar-refractivity contribution in [2.75, 3.05) is 0 Å². The number of aliphatic hydroxyl groups is 1. The second-order valence-corrected chi connectivity index (χ2v) is 2.28. The van der Waals surface area contributed by atoms with Gasteiger partial charge in [0.25, 0.3) is 0 Å². The molecule has 2 heteroatoms. The highest BCUT2D eigenvalue weighted by molar-refractivity contribution is 5.92. The highest BCUT2D eigenvalue weighted by Crippen LogP contribution is 2.24. The lowest BCUT2D eigenvalue weighted by Gasteiger charge is -2.10. The third kappa shape index (κ3) is 0.839. The Morgan fingerprint density at radius 2 is 2.44 bits per heavy atom. The van der Waals surface area contributed by atoms with E-state index in [-0.39, 0.29) is 5.78 Å². The van der Waals surface area contributed by atoms with Crippen LogP contribution < -0.4 is 0 Å². The highest BCUT2D eigenvalue weighted by atomic mass is 16.3. The lowest BCUT2D eigenvalue weighted by molar-refractivity contribution is -0.128. The fourth-order valence-corrected chi connectivity index (χ4v) is 1.00. The quantitative estimate of drug-likeness (QED) is 0.465. The Morgan fingerprint density at radius 1 is 1.78 bits per heavy atom. The number of ketones is 1. The predicted octanol–water partition coefficient (Wildman–Crippen LogP) is 0.104. The SMILES string of the molecule is C#C[C@]1(O)CCCC1=O. The number of carbonyl (C=O) groups excluding carboxylic acids is 1. The molecule has 0 heterocycles. The van der Waals surface area contributed by atoms with Crippen LogP contribution >= 0.6 is 0 Å². The molecule has 1 N–H and O–H groups in total. The summed E-state index contributed by atoms with van der Waals surface area (Å²) < 4.78 is 0. The Hall–Kier alpha value is -0.810. The number of terminal acetylenes is 1. The van der Waals surface area contributed by atoms with Crippen LogP contribution in [0.2, 0.25) is 0 Å². The third-order valence-corrected chi connectivity index (χ3v) is 1.64. The molecule has 0 saturated heterocycles. The van der Waals surface area contributed by atoms with Gasteiger partial charge >= 0.3 is 0 Å². The van der Waals surface area contributed by atoms with E-state index in [0.29, 0.717) is 12.8 Å². The van der Waals surface area contributed by atoms with E-state index in [9.17, 15) is 9.90 Å². The molecular weight excluding hydrogens is 116 g/mol. The summed E-state index contributed by atoms with van der Waals surface area (Å²) in [5.41, 5.74) is -1.42. The van der Waals surface area contributed by atoms with Gasteiger partial charge in [-0.05, 0) is 12.8 Å². The Morgan fingerprint density at radius 3 is 2.67 bits per heavy atom. The molecule has 1 aliphatic rings. The average molecular weight is 124 g/mol. The first-order chi connectivity index (χ1) is 4.19. The summed E-state index contributed by atoms with van der Waals surface area (Å²) in [7, 11) is 0. The molecule has 0 aromatic carbocycles. The molecule has 1 fully saturated rings. The van der Waals surface area contributed by atoms with Crippen LogP contribution in [0.4, 0.5) is 0 Å². The van der Waals surface area contributed by atoms with Crippen molar-refractivity contribution in [3.05, 3.63) is 0 Å². The molecule has 1 saturated carbocycles. The molecule has 9 heavy (non-hydrogen) atoms. The summed E-state index contributed by atoms with van der Waals surface area (Å²) in [6, 6.07) is 0. The van der Waals surface area contributed by atoms with Gasteiger partial charge in [0.1, 0.15) is 0 Å². The van der Waals surface area contributed by atoms with Gasteiger partial charge in [0, 0.05) is 6.42 Å². The molecular formula is C7H8O2. The summed E-state index contributed by atoms with van der Waals surface area (Å²) in [4.78, 5) is 10.7. The van der Waals surface area contributed by atoms with Crippen LogP contribution in [-0.4, -0.2) is 16.5 Å². The molecule has 1 rings (SSSR count). The largest absolute Gasteiger partial charge is 0.371 e. The molecule has 2 nitrogen and oxygen atoms in total. The minimum absolute atomic E-state index is 0.204. The van der Waals surface area contributed by atoms with E-state index < -0.39 is 5.60 Å². The number of hydrogen-bond acceptors (Lipinski definition) is 2. The second-order valence-electron chi connectivity index (χ2n) is 2.28. The van der Waals surface area contributed by atoms with Crippen LogP contribution in [0.1, 0.15) is 19.3 Å². The first-order valence-corrected chi connectivity index (χ1v) is 2.92. The van der Waals surface area contributed by atoms with E-state index in [1.807, 2.05) is 0 Å². The zero-order valence-electron chi connectivity index (χ0n) is 5.05. The van der Waals surface area contributed by atoms with E-state index in [1.165, 1.54) is 0 Å². The van der Waals surface area contributed by atoms with Gasteiger partial charge in [-0.15, -0.1) is 6.42 Å². The molecule has 0 spiro atoms. The van der Waals surface area contributed by atoms with Crippen molar-refractivity contribution in [2.45, 2.75) is 24.9 Å². The van der Waals surface area contributed by atoms with E-state index in [0.717, 1.165) is 6.42 Å². The van der Waals surface area contributed by atoms with Crippen LogP contribution in [0.25, 0.3) is 0 Å². The van der Waals surface area contributed by atoms with Gasteiger partial charge in [-0.3, -0.25) is 4.79 Å². The van der Waals surface area contributed by atoms with Gasteiger partial charge in [0.2, 0.25) is 0 Å². The smallest absolute Gasteiger partial charge is 0.183 e. The summed E-state index contributed by atoms with van der Waals surface area (Å²) in [6.07, 6.45) is 6.52. The zero-order chi connectivity index (χ0) is 6.91. The molecule has 0 aliphatic heterocycles. The van der Waals surface area contributed by atoms with Gasteiger partial charge in [0.05, 0.1) is 0 Å². The molecule has 1 atom stereocenters. The number of Topliss-reactive ketones (excluding diaryl/α,β-unsaturated/α-hetero) is 1. The standard InChI is InChI=1S/C7H8O2/c1-2-7(9)5-3-4-6(7)8/h1,9H,3-5H2/t7-/m0/s1. The number of rotatable bonds is 0. The monoisotopic (exact) mass is 124 g/mol. The maximum Gasteiger partial charge on any atom is 0.183 e. The van der Waals surface area contributed by atoms with Crippen molar-refractivity contribution in [1.29, 1.82) is 0 Å². The van der Waals surface area contributed by atoms with E-state index in [1.54, 1.807) is 0 Å². The van der Waals surface area contributed by atoms with Crippen LogP contribution in [0.3, 0.4) is 0 Å². The van der Waals surface area contributed by atoms with Crippen LogP contribution in [0.5, 0.6) is 0 Å². The van der Waals surface area contributed by atoms with Crippen molar-refractivity contribution in [1.82, 2.24) is 0 Å². The Kier molecular flexibility index (Phi) is 1.30. The van der Waals surface area contributed by atoms with Gasteiger partial charge in [0.15, 0.2) is 11.4 Å². The fourth-order valence-electron chi connectivity index (χ4n) is 1.00. The molecule has 0 radical (unpaired) electrons. The first-order valence-electron chi connectivity index (χ1n) is 2.92. The summed E-state index contributed by atoms with van der Waals surface area (Å²) in [5.74, 6) is 1.89. The maximum absolute atomic E-state index is 10.7. The fraction of sp³-hybridized carbons (Fsp3) is 0.571. The molecule has 0 bridgehead atoms. The minimum atomic E-state index is -1.42. The lowest BCUT2D eigenvalue weighted by Crippen LogP contribution is -2.30. The average Bonchev–Trinajstić information content (AvgIpc) is 2.15. The topological polar surface area (TPSA) is 37.3 Å². The van der Waals surface area contributed by atoms with Crippen LogP contribution in [0.15, 0.2) is 0 Å². The maximum atomic E-state index is 10.7. The third-order valence-electron chi connectivity index (χ3n) is 1.64. The predicted molar refractivity (Wildman–Crippen MR) is 32.6 cm³/mol. The molecule has 48 valence electrons. The summed E-state index contributed by atoms with van der Waals surface area (Å²) in [6.45, 7) is 0. The van der Waals surface area contributed by atoms with E-state index >= 15 is 0 Å². The first kappa shape index (κ1) is 6.31. The molecule has 1 aliphatic carbocycles. The van der Waals surface area contributed by atoms with Crippen molar-refractivity contribution < 1.29 is 9.90 Å². The molecule has 0 unspecified atom stereocenters. The van der Waals surface area contributed by atoms with Crippen molar-refractivity contribution in [3.8, 4) is 12.3 Å². The van der Waals surface area contributed by atoms with Gasteiger partial charge in [-0.2, -0.15) is 0 Å². The van der Waals surface area contributed by atoms with Gasteiger partial charge in [-0.25, -0.2) is 0 Å². The molecule has 0 amide bonds. The van der Waals surface area contributed by atoms with Crippen molar-refractivity contribution in [2.24, 2.45) is 0 Å². The summed E-state index contributed by atoms with van der Waals surface area (Å²) in [5, 5.41) is 9.18. The van der Waals surface area contributed by atoms with E-state index in [4.69, 9.17) is 6.42 Å². The minimum Gasteiger partial charge on any atom is -0.371 e. The van der Waals surface area contributed by atoms with Crippen molar-refractivity contribution in [3.63, 3.8) is 0 Å². The van der Waals surface area contributed by atoms with Crippen LogP contribution in [-0.2, 0) is 4.79 Å². The normalized spacial score (nSPS) is 34.4. The highest BCUT2D eigenvalue weighted by Gasteiger charge is 2.37. The number of hydrogen-bond donors (Lipinski definition) is 1. The Balaban J connectivity index is 2.82. The van der Waals surface area contributed by atoms with E-state index in [2.05, 4.69) is 5.92 Å². The Bertz CT molecular complexity index is 178. The van der Waals surface area contributed by atoms with Gasteiger partial charge in [-0.1, -0.05) is 5.92 Å². The number of carbonyl (C=O) groups is 1. The zero-order valence-corrected chi connectivity index (χ0v) is 5.05. The Labute approximate surface area is 53.9 Å².